The Kier molecular flexibility index (Phi) is 6.62. The third-order valence-electron chi connectivity index (χ3n) is 6.70. The van der Waals surface area contributed by atoms with Crippen LogP contribution >= 0.6 is 0 Å². The molecule has 0 amide bonds. The van der Waals surface area contributed by atoms with E-state index in [-0.39, 0.29) is 0 Å². The van der Waals surface area contributed by atoms with Crippen LogP contribution in [-0.4, -0.2) is 23.0 Å². The number of hydrogen-bond acceptors (Lipinski definition) is 7. The van der Waals surface area contributed by atoms with Crippen molar-refractivity contribution in [2.75, 3.05) is 12.4 Å². The van der Waals surface area contributed by atoms with Gasteiger partial charge in [-0.25, -0.2) is 4.98 Å². The van der Waals surface area contributed by atoms with Crippen LogP contribution in [0.5, 0.6) is 11.5 Å². The van der Waals surface area contributed by atoms with E-state index in [0.29, 0.717) is 29.9 Å². The van der Waals surface area contributed by atoms with Gasteiger partial charge in [0.05, 0.1) is 18.9 Å². The molecule has 5 aromatic rings. The van der Waals surface area contributed by atoms with Gasteiger partial charge in [-0.2, -0.15) is 0 Å². The third-order valence-corrected chi connectivity index (χ3v) is 6.70. The summed E-state index contributed by atoms with van der Waals surface area (Å²) in [5, 5.41) is 7.10. The monoisotopic (exact) mass is 513 g/mol. The number of nitrogens with zero attached hydrogens (tertiary/aromatic N) is 3. The number of aromatic nitrogens is 2. The van der Waals surface area contributed by atoms with Crippen LogP contribution in [0.4, 0.5) is 11.5 Å². The first-order valence-corrected chi connectivity index (χ1v) is 12.7. The molecule has 4 aromatic carbocycles. The van der Waals surface area contributed by atoms with Gasteiger partial charge in [-0.05, 0) is 28.8 Å². The number of aliphatic imine (C=N–C) groups is 1. The predicted molar refractivity (Wildman–Crippen MR) is 152 cm³/mol. The Morgan fingerprint density at radius 3 is 2.08 bits per heavy atom. The highest BCUT2D eigenvalue weighted by atomic mass is 16.5. The molecule has 0 unspecified atom stereocenters. The zero-order chi connectivity index (χ0) is 26.5. The molecule has 1 aromatic heterocycles. The minimum Gasteiger partial charge on any atom is -0.496 e. The lowest BCUT2D eigenvalue weighted by atomic mass is 9.76. The number of fused-ring (bicyclic) bond motifs is 1. The average molecular weight is 514 g/mol. The molecule has 1 radical (unpaired) electrons. The number of rotatable bonds is 8. The number of nitrogens with one attached hydrogen (secondary N) is 2. The molecule has 0 saturated carbocycles. The smallest absolute Gasteiger partial charge is 0.347 e. The standard InChI is InChI=1S/C32H27N5O2/c1-38-27-18-11-19-28(39-21-23-12-5-2-6-13-23)29(27)32(24-14-7-3-8-15-24,25-16-9-4-10-17-25)37-31-35-26-20-33-22-34-30(26)36-31/h2-20,22,35,37H,21H2,1H3/q+1. The second-order valence-corrected chi connectivity index (χ2v) is 9.06. The Morgan fingerprint density at radius 2 is 1.44 bits per heavy atom. The van der Waals surface area contributed by atoms with Gasteiger partial charge in [0.25, 0.3) is 0 Å². The fourth-order valence-corrected chi connectivity index (χ4v) is 4.94. The number of anilines is 1. The second-order valence-electron chi connectivity index (χ2n) is 9.06. The molecule has 0 bridgehead atoms. The summed E-state index contributed by atoms with van der Waals surface area (Å²) < 4.78 is 12.5. The van der Waals surface area contributed by atoms with Crippen molar-refractivity contribution in [3.63, 3.8) is 0 Å². The van der Waals surface area contributed by atoms with Crippen molar-refractivity contribution in [2.45, 2.75) is 12.1 Å². The maximum atomic E-state index is 6.54. The lowest BCUT2D eigenvalue weighted by Crippen LogP contribution is -2.50. The molecule has 1 aliphatic heterocycles. The molecule has 39 heavy (non-hydrogen) atoms. The van der Waals surface area contributed by atoms with Crippen LogP contribution in [0.25, 0.3) is 0 Å². The SMILES string of the molecule is COc1cccc(OCc2ccccc2)c1C(NC1=[N+]c2ncncc2N1)(c1ccccc1)c1ccccc1. The molecule has 2 heterocycles. The number of guanidine groups is 1. The summed E-state index contributed by atoms with van der Waals surface area (Å²) in [6.45, 7) is 0.404. The van der Waals surface area contributed by atoms with Gasteiger partial charge >= 0.3 is 11.8 Å². The van der Waals surface area contributed by atoms with Gasteiger partial charge in [0, 0.05) is 0 Å². The normalized spacial score (nSPS) is 12.2. The molecule has 0 saturated heterocycles. The van der Waals surface area contributed by atoms with E-state index in [2.05, 4.69) is 57.0 Å². The van der Waals surface area contributed by atoms with E-state index >= 15 is 0 Å². The van der Waals surface area contributed by atoms with Gasteiger partial charge in [-0.15, -0.1) is 4.98 Å². The highest BCUT2D eigenvalue weighted by Gasteiger charge is 2.46. The van der Waals surface area contributed by atoms with Gasteiger partial charge < -0.3 is 9.47 Å². The fraction of sp³-hybridized carbons (Fsp3) is 0.0938. The van der Waals surface area contributed by atoms with Crippen LogP contribution in [0, 0.1) is 0 Å². The van der Waals surface area contributed by atoms with Crippen LogP contribution in [0.1, 0.15) is 22.3 Å². The summed E-state index contributed by atoms with van der Waals surface area (Å²) in [4.78, 5) is 13.2. The van der Waals surface area contributed by atoms with Crippen LogP contribution < -0.4 is 25.1 Å². The molecule has 2 N–H and O–H groups in total. The van der Waals surface area contributed by atoms with Crippen LogP contribution in [0.3, 0.4) is 0 Å². The highest BCUT2D eigenvalue weighted by Crippen LogP contribution is 2.46. The molecule has 1 aliphatic rings. The number of methoxy groups -OCH3 is 1. The Bertz CT molecular complexity index is 1550. The van der Waals surface area contributed by atoms with Crippen LogP contribution in [-0.2, 0) is 12.1 Å². The summed E-state index contributed by atoms with van der Waals surface area (Å²) in [6, 6.07) is 36.5. The van der Waals surface area contributed by atoms with Gasteiger partial charge in [0.2, 0.25) is 0 Å². The van der Waals surface area contributed by atoms with Gasteiger partial charge in [-0.3, -0.25) is 10.6 Å². The lowest BCUT2D eigenvalue weighted by Gasteiger charge is -2.36. The molecule has 6 rings (SSSR count). The molecular weight excluding hydrogens is 486 g/mol. The average Bonchev–Trinajstić information content (AvgIpc) is 3.42. The topological polar surface area (TPSA) is 82.4 Å². The summed E-state index contributed by atoms with van der Waals surface area (Å²) >= 11 is 0. The van der Waals surface area contributed by atoms with Gasteiger partial charge in [0.15, 0.2) is 17.6 Å². The first-order valence-electron chi connectivity index (χ1n) is 12.7. The third kappa shape index (κ3) is 4.66. The molecule has 0 fully saturated rings. The minimum atomic E-state index is -0.956. The van der Waals surface area contributed by atoms with E-state index < -0.39 is 5.54 Å². The van der Waals surface area contributed by atoms with Gasteiger partial charge in [-0.1, -0.05) is 102 Å². The van der Waals surface area contributed by atoms with E-state index in [9.17, 15) is 0 Å². The Hall–Kier alpha value is -5.17. The first-order chi connectivity index (χ1) is 19.3. The fourth-order valence-electron chi connectivity index (χ4n) is 4.94. The van der Waals surface area contributed by atoms with Crippen molar-refractivity contribution in [3.05, 3.63) is 144 Å². The van der Waals surface area contributed by atoms with Crippen molar-refractivity contribution in [3.8, 4) is 11.5 Å². The minimum absolute atomic E-state index is 0.404. The zero-order valence-corrected chi connectivity index (χ0v) is 21.4. The quantitative estimate of drug-likeness (QED) is 0.271. The van der Waals surface area contributed by atoms with Gasteiger partial charge in [0.1, 0.15) is 18.1 Å². The molecule has 0 aliphatic carbocycles. The summed E-state index contributed by atoms with van der Waals surface area (Å²) in [7, 11) is 1.68. The van der Waals surface area contributed by atoms with E-state index in [1.165, 1.54) is 6.33 Å². The molecule has 0 spiro atoms. The maximum Gasteiger partial charge on any atom is 0.347 e. The van der Waals surface area contributed by atoms with Crippen molar-refractivity contribution in [1.82, 2.24) is 20.3 Å². The van der Waals surface area contributed by atoms with Crippen LogP contribution in [0.15, 0.2) is 122 Å². The van der Waals surface area contributed by atoms with Crippen molar-refractivity contribution < 1.29 is 9.47 Å². The lowest BCUT2D eigenvalue weighted by molar-refractivity contribution is 0.292. The largest absolute Gasteiger partial charge is 0.496 e. The predicted octanol–water partition coefficient (Wildman–Crippen LogP) is 5.39. The number of ether oxygens (including phenoxy) is 2. The highest BCUT2D eigenvalue weighted by molar-refractivity contribution is 6.01. The van der Waals surface area contributed by atoms with E-state index in [1.54, 1.807) is 13.3 Å². The van der Waals surface area contributed by atoms with Crippen molar-refractivity contribution >= 4 is 17.5 Å². The first kappa shape index (κ1) is 24.2. The second kappa shape index (κ2) is 10.7. The summed E-state index contributed by atoms with van der Waals surface area (Å²) in [5.74, 6) is 2.48. The van der Waals surface area contributed by atoms with E-state index in [0.717, 1.165) is 27.9 Å². The van der Waals surface area contributed by atoms with Crippen molar-refractivity contribution in [2.24, 2.45) is 0 Å². The Balaban J connectivity index is 1.57. The molecule has 7 heteroatoms. The zero-order valence-electron chi connectivity index (χ0n) is 21.4. The number of benzene rings is 4. The molecule has 191 valence electrons. The Morgan fingerprint density at radius 1 is 0.795 bits per heavy atom. The maximum absolute atomic E-state index is 6.54. The van der Waals surface area contributed by atoms with Crippen LogP contribution in [0.2, 0.25) is 0 Å². The summed E-state index contributed by atoms with van der Waals surface area (Å²) in [5.41, 5.74) is 3.64. The summed E-state index contributed by atoms with van der Waals surface area (Å²) in [6.07, 6.45) is 3.20. The van der Waals surface area contributed by atoms with E-state index in [4.69, 9.17) is 14.5 Å². The molecule has 0 atom stereocenters. The van der Waals surface area contributed by atoms with Crippen molar-refractivity contribution in [1.29, 1.82) is 0 Å². The van der Waals surface area contributed by atoms with E-state index in [1.807, 2.05) is 72.8 Å². The molecular formula is C32H27N5O2+. The Labute approximate surface area is 227 Å². The molecule has 7 nitrogen and oxygen atoms in total. The number of hydrogen-bond donors (Lipinski definition) is 2.